The van der Waals surface area contributed by atoms with Gasteiger partial charge in [-0.05, 0) is 12.8 Å². The molecule has 0 aliphatic heterocycles. The predicted octanol–water partition coefficient (Wildman–Crippen LogP) is 5.75. The summed E-state index contributed by atoms with van der Waals surface area (Å²) in [6.07, 6.45) is 8.04. The Hall–Kier alpha value is -0.960. The highest BCUT2D eigenvalue weighted by atomic mass is 13.9. The molecule has 0 radical (unpaired) electrons. The average Bonchev–Trinajstić information content (AvgIpc) is 2.38. The van der Waals surface area contributed by atoms with E-state index in [1.165, 1.54) is 5.57 Å². The summed E-state index contributed by atoms with van der Waals surface area (Å²) < 4.78 is 0. The van der Waals surface area contributed by atoms with E-state index in [1.54, 1.807) is 0 Å². The highest BCUT2D eigenvalue weighted by Gasteiger charge is 1.87. The zero-order valence-electron chi connectivity index (χ0n) is 12.2. The average molecular weight is 222 g/mol. The number of rotatable bonds is 4. The van der Waals surface area contributed by atoms with Crippen molar-refractivity contribution in [2.24, 2.45) is 0 Å². The molecule has 94 valence electrons. The fraction of sp³-hybridized carbons (Fsp3) is 0.625. The molecule has 0 bridgehead atoms. The molecule has 0 rings (SSSR count). The van der Waals surface area contributed by atoms with E-state index in [1.807, 2.05) is 33.8 Å². The van der Waals surface area contributed by atoms with Crippen LogP contribution in [0.1, 0.15) is 67.2 Å². The van der Waals surface area contributed by atoms with Gasteiger partial charge in [-0.1, -0.05) is 71.8 Å². The summed E-state index contributed by atoms with van der Waals surface area (Å²) >= 11 is 0. The van der Waals surface area contributed by atoms with Crippen LogP contribution in [0.15, 0.2) is 24.3 Å². The summed E-state index contributed by atoms with van der Waals surface area (Å²) in [6.45, 7) is 16.0. The topological polar surface area (TPSA) is 0 Å². The molecule has 0 heteroatoms. The first kappa shape index (κ1) is 20.5. The smallest absolute Gasteiger partial charge is 0.0302 e. The Labute approximate surface area is 104 Å². The van der Waals surface area contributed by atoms with Crippen LogP contribution >= 0.6 is 0 Å². The van der Waals surface area contributed by atoms with Gasteiger partial charge in [0.25, 0.3) is 0 Å². The first-order valence-electron chi connectivity index (χ1n) is 6.61. The summed E-state index contributed by atoms with van der Waals surface area (Å²) in [7, 11) is 0. The molecule has 0 atom stereocenters. The molecule has 0 aliphatic carbocycles. The number of unbranched alkanes of at least 4 members (excludes halogenated alkanes) is 1. The molecule has 0 aromatic carbocycles. The van der Waals surface area contributed by atoms with Crippen LogP contribution in [0.5, 0.6) is 0 Å². The monoisotopic (exact) mass is 222 g/mol. The van der Waals surface area contributed by atoms with Gasteiger partial charge in [-0.2, -0.15) is 0 Å². The molecule has 0 spiro atoms. The van der Waals surface area contributed by atoms with Crippen LogP contribution in [0.25, 0.3) is 0 Å². The van der Waals surface area contributed by atoms with Crippen LogP contribution < -0.4 is 0 Å². The number of hydrogen-bond donors (Lipinski definition) is 0. The first-order valence-corrected chi connectivity index (χ1v) is 6.61. The minimum Gasteiger partial charge on any atom is -0.103 e. The second-order valence-electron chi connectivity index (χ2n) is 2.69. The third kappa shape index (κ3) is 18.8. The van der Waals surface area contributed by atoms with Crippen molar-refractivity contribution in [2.45, 2.75) is 67.2 Å². The van der Waals surface area contributed by atoms with Crippen molar-refractivity contribution in [1.29, 1.82) is 0 Å². The van der Waals surface area contributed by atoms with E-state index < -0.39 is 0 Å². The van der Waals surface area contributed by atoms with E-state index in [2.05, 4.69) is 38.3 Å². The Kier molecular flexibility index (Phi) is 30.3. The van der Waals surface area contributed by atoms with Gasteiger partial charge in [0, 0.05) is 12.8 Å². The molecule has 0 aromatic rings. The predicted molar refractivity (Wildman–Crippen MR) is 78.6 cm³/mol. The Morgan fingerprint density at radius 1 is 1.06 bits per heavy atom. The van der Waals surface area contributed by atoms with Crippen molar-refractivity contribution >= 4 is 0 Å². The summed E-state index contributed by atoms with van der Waals surface area (Å²) in [5.74, 6) is 6.29. The van der Waals surface area contributed by atoms with Crippen molar-refractivity contribution in [2.75, 3.05) is 0 Å². The molecule has 0 aromatic heterocycles. The first-order chi connectivity index (χ1) is 7.85. The van der Waals surface area contributed by atoms with Gasteiger partial charge in [-0.3, -0.25) is 0 Å². The number of hydrogen-bond acceptors (Lipinski definition) is 0. The molecule has 0 saturated heterocycles. The van der Waals surface area contributed by atoms with Gasteiger partial charge >= 0.3 is 0 Å². The summed E-state index contributed by atoms with van der Waals surface area (Å²) in [5.41, 5.74) is 1.37. The van der Waals surface area contributed by atoms with Crippen LogP contribution in [0.3, 0.4) is 0 Å². The van der Waals surface area contributed by atoms with Crippen molar-refractivity contribution in [1.82, 2.24) is 0 Å². The van der Waals surface area contributed by atoms with Gasteiger partial charge in [0.2, 0.25) is 0 Å². The second kappa shape index (κ2) is 23.7. The maximum atomic E-state index is 3.67. The van der Waals surface area contributed by atoms with E-state index >= 15 is 0 Å². The molecule has 0 aliphatic rings. The fourth-order valence-electron chi connectivity index (χ4n) is 0.858. The van der Waals surface area contributed by atoms with Crippen LogP contribution in [-0.2, 0) is 0 Å². The van der Waals surface area contributed by atoms with Crippen LogP contribution in [-0.4, -0.2) is 0 Å². The fourth-order valence-corrected chi connectivity index (χ4v) is 0.858. The maximum absolute atomic E-state index is 3.67. The minimum atomic E-state index is 0.905. The zero-order valence-corrected chi connectivity index (χ0v) is 12.2. The van der Waals surface area contributed by atoms with Crippen LogP contribution in [0, 0.1) is 11.8 Å². The highest BCUT2D eigenvalue weighted by molar-refractivity contribution is 5.17. The van der Waals surface area contributed by atoms with E-state index in [0.717, 1.165) is 25.7 Å². The lowest BCUT2D eigenvalue weighted by Crippen LogP contribution is -1.77. The van der Waals surface area contributed by atoms with Crippen molar-refractivity contribution in [3.8, 4) is 11.8 Å². The summed E-state index contributed by atoms with van der Waals surface area (Å²) in [5, 5.41) is 0. The van der Waals surface area contributed by atoms with Gasteiger partial charge < -0.3 is 0 Å². The van der Waals surface area contributed by atoms with Crippen LogP contribution in [0.4, 0.5) is 0 Å². The molecule has 0 unspecified atom stereocenters. The van der Waals surface area contributed by atoms with Crippen molar-refractivity contribution in [3.05, 3.63) is 24.3 Å². The Morgan fingerprint density at radius 2 is 1.62 bits per heavy atom. The molecule has 0 fully saturated rings. The normalized spacial score (nSPS) is 8.50. The minimum absolute atomic E-state index is 0.905. The standard InChI is InChI=1S/C12H18.2C2H6/c1-4-7-8-9-11-12(6-3)10-5-2;2*1-2/h5,10H,2,4,6-7,11H2,1,3H3;2*1-2H3/b12-10+;;. The van der Waals surface area contributed by atoms with Crippen LogP contribution in [0.2, 0.25) is 0 Å². The summed E-state index contributed by atoms with van der Waals surface area (Å²) in [4.78, 5) is 0. The quantitative estimate of drug-likeness (QED) is 0.419. The van der Waals surface area contributed by atoms with Crippen molar-refractivity contribution in [3.63, 3.8) is 0 Å². The lowest BCUT2D eigenvalue weighted by atomic mass is 10.1. The molecule has 0 amide bonds. The molecule has 16 heavy (non-hydrogen) atoms. The Morgan fingerprint density at radius 3 is 2.00 bits per heavy atom. The zero-order chi connectivity index (χ0) is 13.2. The number of allylic oxidation sites excluding steroid dienone is 3. The lowest BCUT2D eigenvalue weighted by molar-refractivity contribution is 0.979. The second-order valence-corrected chi connectivity index (χ2v) is 2.69. The van der Waals surface area contributed by atoms with E-state index in [-0.39, 0.29) is 0 Å². The maximum Gasteiger partial charge on any atom is 0.0302 e. The molecular weight excluding hydrogens is 192 g/mol. The lowest BCUT2D eigenvalue weighted by Gasteiger charge is -1.94. The molecule has 0 N–H and O–H groups in total. The Bertz CT molecular complexity index is 198. The third-order valence-electron chi connectivity index (χ3n) is 1.62. The van der Waals surface area contributed by atoms with Gasteiger partial charge in [-0.15, -0.1) is 5.92 Å². The summed E-state index contributed by atoms with van der Waals surface area (Å²) in [6, 6.07) is 0. The van der Waals surface area contributed by atoms with Gasteiger partial charge in [-0.25, -0.2) is 0 Å². The SMILES string of the molecule is C=C/C=C(\CC)CC#CCCC.CC.CC. The van der Waals surface area contributed by atoms with Gasteiger partial charge in [0.05, 0.1) is 0 Å². The van der Waals surface area contributed by atoms with Gasteiger partial charge in [0.1, 0.15) is 0 Å². The molecule has 0 saturated carbocycles. The van der Waals surface area contributed by atoms with E-state index in [9.17, 15) is 0 Å². The van der Waals surface area contributed by atoms with E-state index in [4.69, 9.17) is 0 Å². The molecule has 0 nitrogen and oxygen atoms in total. The molecule has 0 heterocycles. The third-order valence-corrected chi connectivity index (χ3v) is 1.62. The largest absolute Gasteiger partial charge is 0.103 e. The highest BCUT2D eigenvalue weighted by Crippen LogP contribution is 2.04. The van der Waals surface area contributed by atoms with Gasteiger partial charge in [0.15, 0.2) is 0 Å². The Balaban J connectivity index is -0.000000376. The molecular formula is C16H30. The van der Waals surface area contributed by atoms with Crippen molar-refractivity contribution < 1.29 is 0 Å². The van der Waals surface area contributed by atoms with E-state index in [0.29, 0.717) is 0 Å².